The van der Waals surface area contributed by atoms with Crippen LogP contribution in [0, 0.1) is 0 Å². The van der Waals surface area contributed by atoms with Gasteiger partial charge in [-0.15, -0.1) is 0 Å². The minimum atomic E-state index is -3.82. The second-order valence-electron chi connectivity index (χ2n) is 8.39. The highest BCUT2D eigenvalue weighted by Crippen LogP contribution is 2.30. The van der Waals surface area contributed by atoms with Crippen LogP contribution in [-0.4, -0.2) is 94.1 Å². The molecule has 0 spiro atoms. The summed E-state index contributed by atoms with van der Waals surface area (Å²) in [4.78, 5) is 16.8. The lowest BCUT2D eigenvalue weighted by Gasteiger charge is -2.34. The van der Waals surface area contributed by atoms with Crippen molar-refractivity contribution in [2.75, 3.05) is 65.6 Å². The Bertz CT molecular complexity index is 1130. The van der Waals surface area contributed by atoms with Gasteiger partial charge >= 0.3 is 0 Å². The summed E-state index contributed by atoms with van der Waals surface area (Å²) < 4.78 is 38.6. The van der Waals surface area contributed by atoms with Crippen molar-refractivity contribution in [1.29, 1.82) is 0 Å². The molecule has 0 bridgehead atoms. The van der Waals surface area contributed by atoms with Crippen LogP contribution in [0.5, 0.6) is 5.75 Å². The molecule has 0 saturated carbocycles. The Morgan fingerprint density at radius 3 is 2.43 bits per heavy atom. The van der Waals surface area contributed by atoms with Crippen LogP contribution in [-0.2, 0) is 19.6 Å². The van der Waals surface area contributed by atoms with Crippen LogP contribution >= 0.6 is 11.6 Å². The fourth-order valence-corrected chi connectivity index (χ4v) is 5.84. The first-order chi connectivity index (χ1) is 16.9. The summed E-state index contributed by atoms with van der Waals surface area (Å²) in [7, 11) is -3.82. The van der Waals surface area contributed by atoms with Gasteiger partial charge in [-0.05, 0) is 23.8 Å². The molecule has 0 unspecified atom stereocenters. The number of amides is 1. The number of benzene rings is 2. The van der Waals surface area contributed by atoms with Crippen LogP contribution in [0.1, 0.15) is 5.56 Å². The van der Waals surface area contributed by atoms with Gasteiger partial charge in [-0.3, -0.25) is 9.69 Å². The van der Waals surface area contributed by atoms with Crippen molar-refractivity contribution >= 4 is 33.6 Å². The normalized spacial score (nSPS) is 18.1. The molecule has 2 aromatic rings. The fourth-order valence-electron chi connectivity index (χ4n) is 4.04. The zero-order chi connectivity index (χ0) is 24.7. The van der Waals surface area contributed by atoms with E-state index < -0.39 is 10.0 Å². The first-order valence-corrected chi connectivity index (χ1v) is 13.5. The smallest absolute Gasteiger partial charge is 0.260 e. The molecule has 10 heteroatoms. The predicted molar refractivity (Wildman–Crippen MR) is 135 cm³/mol. The average Bonchev–Trinajstić information content (AvgIpc) is 2.89. The quantitative estimate of drug-likeness (QED) is 0.533. The zero-order valence-corrected chi connectivity index (χ0v) is 21.1. The van der Waals surface area contributed by atoms with E-state index in [2.05, 4.69) is 29.2 Å². The number of rotatable bonds is 8. The lowest BCUT2D eigenvalue weighted by atomic mass is 10.2. The molecule has 2 saturated heterocycles. The monoisotopic (exact) mass is 519 g/mol. The van der Waals surface area contributed by atoms with Crippen molar-refractivity contribution in [3.63, 3.8) is 0 Å². The van der Waals surface area contributed by atoms with Crippen molar-refractivity contribution in [1.82, 2.24) is 14.1 Å². The molecule has 188 valence electrons. The number of nitrogens with zero attached hydrogens (tertiary/aromatic N) is 3. The Kier molecular flexibility index (Phi) is 8.80. The summed E-state index contributed by atoms with van der Waals surface area (Å²) in [5.41, 5.74) is 1.16. The van der Waals surface area contributed by atoms with E-state index in [9.17, 15) is 13.2 Å². The van der Waals surface area contributed by atoms with E-state index in [0.717, 1.165) is 25.2 Å². The van der Waals surface area contributed by atoms with Crippen LogP contribution in [0.3, 0.4) is 0 Å². The standard InChI is InChI=1S/C25H30ClN3O5S/c26-22-8-9-23(24(19-22)35(31,32)29-15-17-33-18-16-29)34-20-25(30)28-13-11-27(12-14-28)10-4-7-21-5-2-1-3-6-21/h1-9,19H,10-18,20H2/b7-4+. The number of morpholine rings is 1. The molecule has 2 fully saturated rings. The lowest BCUT2D eigenvalue weighted by Crippen LogP contribution is -2.49. The van der Waals surface area contributed by atoms with Crippen LogP contribution < -0.4 is 4.74 Å². The second-order valence-corrected chi connectivity index (χ2v) is 10.7. The number of ether oxygens (including phenoxy) is 2. The van der Waals surface area contributed by atoms with E-state index in [-0.39, 0.29) is 41.3 Å². The van der Waals surface area contributed by atoms with Gasteiger partial charge < -0.3 is 14.4 Å². The molecule has 0 aromatic heterocycles. The number of hydrogen-bond acceptors (Lipinski definition) is 6. The van der Waals surface area contributed by atoms with Crippen LogP contribution in [0.15, 0.2) is 59.5 Å². The van der Waals surface area contributed by atoms with Crippen molar-refractivity contribution in [3.8, 4) is 5.75 Å². The molecule has 0 atom stereocenters. The zero-order valence-electron chi connectivity index (χ0n) is 19.5. The maximum absolute atomic E-state index is 13.1. The number of halogens is 1. The first kappa shape index (κ1) is 25.7. The van der Waals surface area contributed by atoms with Gasteiger partial charge in [0.25, 0.3) is 5.91 Å². The van der Waals surface area contributed by atoms with E-state index in [4.69, 9.17) is 21.1 Å². The van der Waals surface area contributed by atoms with Gasteiger partial charge in [0.2, 0.25) is 10.0 Å². The molecular formula is C25H30ClN3O5S. The highest BCUT2D eigenvalue weighted by Gasteiger charge is 2.30. The van der Waals surface area contributed by atoms with Crippen molar-refractivity contribution in [2.24, 2.45) is 0 Å². The van der Waals surface area contributed by atoms with E-state index in [1.165, 1.54) is 16.4 Å². The predicted octanol–water partition coefficient (Wildman–Crippen LogP) is 2.60. The number of carbonyl (C=O) groups excluding carboxylic acids is 1. The molecule has 2 aliphatic rings. The Morgan fingerprint density at radius 2 is 1.71 bits per heavy atom. The Morgan fingerprint density at radius 1 is 1.00 bits per heavy atom. The highest BCUT2D eigenvalue weighted by molar-refractivity contribution is 7.89. The Hall–Kier alpha value is -2.43. The summed E-state index contributed by atoms with van der Waals surface area (Å²) in [5.74, 6) is -0.0481. The third kappa shape index (κ3) is 6.83. The van der Waals surface area contributed by atoms with E-state index in [1.54, 1.807) is 11.0 Å². The van der Waals surface area contributed by atoms with Gasteiger partial charge in [0.05, 0.1) is 13.2 Å². The third-order valence-electron chi connectivity index (χ3n) is 6.04. The van der Waals surface area contributed by atoms with Crippen molar-refractivity contribution in [3.05, 3.63) is 65.2 Å². The fraction of sp³-hybridized carbons (Fsp3) is 0.400. The third-order valence-corrected chi connectivity index (χ3v) is 8.20. The lowest BCUT2D eigenvalue weighted by molar-refractivity contribution is -0.135. The molecule has 2 aromatic carbocycles. The topological polar surface area (TPSA) is 79.4 Å². The molecule has 8 nitrogen and oxygen atoms in total. The largest absolute Gasteiger partial charge is 0.482 e. The number of sulfonamides is 1. The average molecular weight is 520 g/mol. The number of piperazine rings is 1. The minimum Gasteiger partial charge on any atom is -0.482 e. The number of carbonyl (C=O) groups is 1. The second kappa shape index (κ2) is 12.0. The molecule has 2 aliphatic heterocycles. The van der Waals surface area contributed by atoms with Crippen LogP contribution in [0.2, 0.25) is 5.02 Å². The van der Waals surface area contributed by atoms with Gasteiger partial charge in [0.15, 0.2) is 6.61 Å². The maximum Gasteiger partial charge on any atom is 0.260 e. The summed E-state index contributed by atoms with van der Waals surface area (Å²) in [5, 5.41) is 0.285. The first-order valence-electron chi connectivity index (χ1n) is 11.7. The van der Waals surface area contributed by atoms with Crippen LogP contribution in [0.25, 0.3) is 6.08 Å². The summed E-state index contributed by atoms with van der Waals surface area (Å²) in [6.45, 7) is 4.51. The van der Waals surface area contributed by atoms with Gasteiger partial charge in [0, 0.05) is 50.8 Å². The SMILES string of the molecule is O=C(COc1ccc(Cl)cc1S(=O)(=O)N1CCOCC1)N1CCN(C/C=C/c2ccccc2)CC1. The molecule has 4 rings (SSSR count). The summed E-state index contributed by atoms with van der Waals surface area (Å²) in [6.07, 6.45) is 4.23. The molecule has 0 aliphatic carbocycles. The van der Waals surface area contributed by atoms with Gasteiger partial charge in [-0.25, -0.2) is 8.42 Å². The highest BCUT2D eigenvalue weighted by atomic mass is 35.5. The van der Waals surface area contributed by atoms with Crippen LogP contribution in [0.4, 0.5) is 0 Å². The van der Waals surface area contributed by atoms with Gasteiger partial charge in [-0.1, -0.05) is 54.1 Å². The summed E-state index contributed by atoms with van der Waals surface area (Å²) >= 11 is 6.08. The van der Waals surface area contributed by atoms with Gasteiger partial charge in [0.1, 0.15) is 10.6 Å². The Balaban J connectivity index is 1.30. The molecular weight excluding hydrogens is 490 g/mol. The van der Waals surface area contributed by atoms with Gasteiger partial charge in [-0.2, -0.15) is 4.31 Å². The molecule has 2 heterocycles. The Labute approximate surface area is 211 Å². The van der Waals surface area contributed by atoms with Crippen molar-refractivity contribution in [2.45, 2.75) is 4.90 Å². The molecule has 0 radical (unpaired) electrons. The van der Waals surface area contributed by atoms with Crippen molar-refractivity contribution < 1.29 is 22.7 Å². The molecule has 1 amide bonds. The van der Waals surface area contributed by atoms with E-state index in [1.807, 2.05) is 18.2 Å². The minimum absolute atomic E-state index is 0.0327. The maximum atomic E-state index is 13.1. The van der Waals surface area contributed by atoms with E-state index >= 15 is 0 Å². The summed E-state index contributed by atoms with van der Waals surface area (Å²) in [6, 6.07) is 14.6. The van der Waals surface area contributed by atoms with E-state index in [0.29, 0.717) is 26.3 Å². The molecule has 35 heavy (non-hydrogen) atoms. The number of hydrogen-bond donors (Lipinski definition) is 0. The molecule has 0 N–H and O–H groups in total.